The van der Waals surface area contributed by atoms with Gasteiger partial charge in [-0.05, 0) is 37.1 Å². The molecular formula is C18H20N2O3. The Morgan fingerprint density at radius 1 is 1.39 bits per heavy atom. The van der Waals surface area contributed by atoms with Crippen LogP contribution in [0.1, 0.15) is 18.9 Å². The van der Waals surface area contributed by atoms with E-state index in [1.807, 2.05) is 42.2 Å². The van der Waals surface area contributed by atoms with Gasteiger partial charge in [-0.2, -0.15) is 0 Å². The van der Waals surface area contributed by atoms with E-state index in [0.29, 0.717) is 25.2 Å². The molecule has 1 aliphatic rings. The number of carbonyl (C=O) groups excluding carboxylic acids is 1. The molecule has 0 spiro atoms. The van der Waals surface area contributed by atoms with Gasteiger partial charge in [0.1, 0.15) is 18.1 Å². The monoisotopic (exact) mass is 312 g/mol. The van der Waals surface area contributed by atoms with Crippen LogP contribution in [0.3, 0.4) is 0 Å². The number of aromatic nitrogens is 1. The average molecular weight is 312 g/mol. The first-order chi connectivity index (χ1) is 11.2. The van der Waals surface area contributed by atoms with Gasteiger partial charge in [-0.25, -0.2) is 0 Å². The number of para-hydroxylation sites is 2. The lowest BCUT2D eigenvalue weighted by atomic mass is 10.1. The molecule has 1 atom stereocenters. The van der Waals surface area contributed by atoms with Gasteiger partial charge >= 0.3 is 0 Å². The van der Waals surface area contributed by atoms with Gasteiger partial charge in [0.25, 0.3) is 0 Å². The predicted molar refractivity (Wildman–Crippen MR) is 88.0 cm³/mol. The number of aryl methyl sites for hydroxylation is 1. The number of methoxy groups -OCH3 is 1. The van der Waals surface area contributed by atoms with Crippen molar-refractivity contribution in [1.82, 2.24) is 4.98 Å². The minimum atomic E-state index is 0.0286. The molecule has 0 fully saturated rings. The van der Waals surface area contributed by atoms with Crippen LogP contribution in [-0.2, 0) is 11.2 Å². The van der Waals surface area contributed by atoms with Crippen LogP contribution in [0.25, 0.3) is 0 Å². The van der Waals surface area contributed by atoms with E-state index < -0.39 is 0 Å². The van der Waals surface area contributed by atoms with Gasteiger partial charge in [-0.15, -0.1) is 0 Å². The van der Waals surface area contributed by atoms with Crippen molar-refractivity contribution >= 4 is 11.6 Å². The quantitative estimate of drug-likeness (QED) is 0.871. The number of fused-ring (bicyclic) bond motifs is 1. The molecule has 1 aromatic heterocycles. The van der Waals surface area contributed by atoms with Crippen LogP contribution < -0.4 is 14.4 Å². The van der Waals surface area contributed by atoms with E-state index in [1.165, 1.54) is 0 Å². The molecular weight excluding hydrogens is 292 g/mol. The Hall–Kier alpha value is -2.56. The van der Waals surface area contributed by atoms with Gasteiger partial charge < -0.3 is 14.4 Å². The number of ether oxygens (including phenoxy) is 2. The molecule has 0 saturated carbocycles. The highest BCUT2D eigenvalue weighted by atomic mass is 16.5. The summed E-state index contributed by atoms with van der Waals surface area (Å²) in [6.07, 6.45) is 4.49. The first-order valence-corrected chi connectivity index (χ1v) is 7.71. The average Bonchev–Trinajstić information content (AvgIpc) is 2.59. The lowest BCUT2D eigenvalue weighted by molar-refractivity contribution is -0.119. The first-order valence-electron chi connectivity index (χ1n) is 7.71. The molecule has 120 valence electrons. The summed E-state index contributed by atoms with van der Waals surface area (Å²) < 4.78 is 10.9. The van der Waals surface area contributed by atoms with Crippen LogP contribution in [0, 0.1) is 0 Å². The number of anilines is 1. The standard InChI is InChI=1S/C18H20N2O3/c1-13-12-23-17-6-4-3-5-16(17)20(13)18(21)8-7-14-9-15(22-2)11-19-10-14/h3-6,9-11,13H,7-8,12H2,1-2H3/t13-/m1/s1. The third-order valence-corrected chi connectivity index (χ3v) is 3.95. The van der Waals surface area contributed by atoms with Crippen molar-refractivity contribution < 1.29 is 14.3 Å². The van der Waals surface area contributed by atoms with Gasteiger partial charge in [0, 0.05) is 12.6 Å². The van der Waals surface area contributed by atoms with Gasteiger partial charge in [0.2, 0.25) is 5.91 Å². The lowest BCUT2D eigenvalue weighted by Crippen LogP contribution is -2.45. The summed E-state index contributed by atoms with van der Waals surface area (Å²) in [4.78, 5) is 18.7. The van der Waals surface area contributed by atoms with Crippen LogP contribution in [-0.4, -0.2) is 30.6 Å². The molecule has 0 aliphatic carbocycles. The smallest absolute Gasteiger partial charge is 0.227 e. The molecule has 1 amide bonds. The number of pyridine rings is 1. The first kappa shape index (κ1) is 15.3. The summed E-state index contributed by atoms with van der Waals surface area (Å²) in [5.74, 6) is 1.57. The normalized spacial score (nSPS) is 16.4. The summed E-state index contributed by atoms with van der Waals surface area (Å²) in [6, 6.07) is 9.60. The third kappa shape index (κ3) is 3.28. The number of amides is 1. The fourth-order valence-electron chi connectivity index (χ4n) is 2.76. The molecule has 23 heavy (non-hydrogen) atoms. The molecule has 1 aromatic carbocycles. The van der Waals surface area contributed by atoms with E-state index in [1.54, 1.807) is 19.5 Å². The maximum absolute atomic E-state index is 12.7. The number of rotatable bonds is 4. The number of hydrogen-bond donors (Lipinski definition) is 0. The Balaban J connectivity index is 1.73. The second-order valence-corrected chi connectivity index (χ2v) is 5.62. The third-order valence-electron chi connectivity index (χ3n) is 3.95. The van der Waals surface area contributed by atoms with Gasteiger partial charge in [-0.1, -0.05) is 12.1 Å². The highest BCUT2D eigenvalue weighted by Gasteiger charge is 2.28. The molecule has 5 heteroatoms. The fraction of sp³-hybridized carbons (Fsp3) is 0.333. The van der Waals surface area contributed by atoms with Crippen molar-refractivity contribution in [3.05, 3.63) is 48.3 Å². The van der Waals surface area contributed by atoms with E-state index in [4.69, 9.17) is 9.47 Å². The van der Waals surface area contributed by atoms with Crippen molar-refractivity contribution in [1.29, 1.82) is 0 Å². The summed E-state index contributed by atoms with van der Waals surface area (Å²) in [5.41, 5.74) is 1.84. The Morgan fingerprint density at radius 3 is 3.04 bits per heavy atom. The minimum absolute atomic E-state index is 0.0286. The van der Waals surface area contributed by atoms with Crippen molar-refractivity contribution in [3.8, 4) is 11.5 Å². The molecule has 0 unspecified atom stereocenters. The maximum Gasteiger partial charge on any atom is 0.227 e. The molecule has 1 aliphatic heterocycles. The second kappa shape index (κ2) is 6.69. The van der Waals surface area contributed by atoms with Gasteiger partial charge in [-0.3, -0.25) is 9.78 Å². The molecule has 2 aromatic rings. The summed E-state index contributed by atoms with van der Waals surface area (Å²) in [5, 5.41) is 0. The zero-order chi connectivity index (χ0) is 16.2. The van der Waals surface area contributed by atoms with Crippen LogP contribution in [0.15, 0.2) is 42.7 Å². The Kier molecular flexibility index (Phi) is 4.46. The summed E-state index contributed by atoms with van der Waals surface area (Å²) in [7, 11) is 1.61. The van der Waals surface area contributed by atoms with Crippen LogP contribution in [0.4, 0.5) is 5.69 Å². The van der Waals surface area contributed by atoms with Crippen molar-refractivity contribution in [3.63, 3.8) is 0 Å². The van der Waals surface area contributed by atoms with Crippen molar-refractivity contribution in [2.24, 2.45) is 0 Å². The SMILES string of the molecule is COc1cncc(CCC(=O)N2c3ccccc3OC[C@H]2C)c1. The number of nitrogens with zero attached hydrogens (tertiary/aromatic N) is 2. The van der Waals surface area contributed by atoms with Gasteiger partial charge in [0.15, 0.2) is 0 Å². The highest BCUT2D eigenvalue weighted by Crippen LogP contribution is 2.34. The summed E-state index contributed by atoms with van der Waals surface area (Å²) in [6.45, 7) is 2.52. The van der Waals surface area contributed by atoms with Crippen LogP contribution in [0.2, 0.25) is 0 Å². The molecule has 0 radical (unpaired) electrons. The largest absolute Gasteiger partial charge is 0.495 e. The van der Waals surface area contributed by atoms with E-state index >= 15 is 0 Å². The molecule has 0 bridgehead atoms. The van der Waals surface area contributed by atoms with Crippen LogP contribution in [0.5, 0.6) is 11.5 Å². The second-order valence-electron chi connectivity index (χ2n) is 5.62. The maximum atomic E-state index is 12.7. The molecule has 0 saturated heterocycles. The minimum Gasteiger partial charge on any atom is -0.495 e. The zero-order valence-corrected chi connectivity index (χ0v) is 13.4. The van der Waals surface area contributed by atoms with E-state index in [-0.39, 0.29) is 11.9 Å². The highest BCUT2D eigenvalue weighted by molar-refractivity contribution is 5.96. The van der Waals surface area contributed by atoms with Crippen molar-refractivity contribution in [2.75, 3.05) is 18.6 Å². The molecule has 2 heterocycles. The number of carbonyl (C=O) groups is 1. The Bertz CT molecular complexity index is 702. The lowest BCUT2D eigenvalue weighted by Gasteiger charge is -2.35. The molecule has 5 nitrogen and oxygen atoms in total. The number of hydrogen-bond acceptors (Lipinski definition) is 4. The number of benzene rings is 1. The molecule has 0 N–H and O–H groups in total. The van der Waals surface area contributed by atoms with Crippen LogP contribution >= 0.6 is 0 Å². The van der Waals surface area contributed by atoms with E-state index in [9.17, 15) is 4.79 Å². The topological polar surface area (TPSA) is 51.7 Å². The predicted octanol–water partition coefficient (Wildman–Crippen LogP) is 2.84. The zero-order valence-electron chi connectivity index (χ0n) is 13.4. The fourth-order valence-corrected chi connectivity index (χ4v) is 2.76. The Morgan fingerprint density at radius 2 is 2.22 bits per heavy atom. The van der Waals surface area contributed by atoms with Gasteiger partial charge in [0.05, 0.1) is 25.0 Å². The Labute approximate surface area is 135 Å². The van der Waals surface area contributed by atoms with Crippen molar-refractivity contribution in [2.45, 2.75) is 25.8 Å². The molecule has 3 rings (SSSR count). The van der Waals surface area contributed by atoms with E-state index in [2.05, 4.69) is 4.98 Å². The summed E-state index contributed by atoms with van der Waals surface area (Å²) >= 11 is 0. The van der Waals surface area contributed by atoms with E-state index in [0.717, 1.165) is 17.0 Å².